The van der Waals surface area contributed by atoms with Crippen LogP contribution in [-0.2, 0) is 12.8 Å². The number of ether oxygens (including phenoxy) is 1. The number of fused-ring (bicyclic) bond motifs is 1. The number of rotatable bonds is 4. The highest BCUT2D eigenvalue weighted by Crippen LogP contribution is 2.28. The lowest BCUT2D eigenvalue weighted by molar-refractivity contribution is 0.220. The van der Waals surface area contributed by atoms with Gasteiger partial charge in [0.05, 0.1) is 6.21 Å². The summed E-state index contributed by atoms with van der Waals surface area (Å²) in [6.45, 7) is 0. The van der Waals surface area contributed by atoms with E-state index in [9.17, 15) is 4.79 Å². The van der Waals surface area contributed by atoms with Crippen LogP contribution in [0.25, 0.3) is 0 Å². The average Bonchev–Trinajstić information content (AvgIpc) is 3.01. The number of urea groups is 1. The summed E-state index contributed by atoms with van der Waals surface area (Å²) in [5, 5.41) is 5.02. The van der Waals surface area contributed by atoms with E-state index in [2.05, 4.69) is 17.2 Å². The molecule has 2 amide bonds. The lowest BCUT2D eigenvalue weighted by Gasteiger charge is -2.08. The molecule has 0 spiro atoms. The maximum atomic E-state index is 10.9. The molecule has 0 atom stereocenters. The number of aryl methyl sites for hydroxylation is 2. The third kappa shape index (κ3) is 3.69. The zero-order chi connectivity index (χ0) is 16.2. The first kappa shape index (κ1) is 15.1. The molecule has 2 N–H and O–H groups in total. The highest BCUT2D eigenvalue weighted by molar-refractivity contribution is 5.81. The van der Waals surface area contributed by atoms with E-state index in [0.717, 1.165) is 28.5 Å². The number of nitrogens with two attached hydrogens (primary N) is 1. The quantitative estimate of drug-likeness (QED) is 0.695. The lowest BCUT2D eigenvalue weighted by Crippen LogP contribution is -2.27. The van der Waals surface area contributed by atoms with Crippen molar-refractivity contribution in [3.8, 4) is 11.5 Å². The van der Waals surface area contributed by atoms with E-state index < -0.39 is 6.03 Å². The zero-order valence-corrected chi connectivity index (χ0v) is 13.0. The van der Waals surface area contributed by atoms with E-state index in [1.165, 1.54) is 31.0 Å². The summed E-state index contributed by atoms with van der Waals surface area (Å²) in [7, 11) is 1.50. The van der Waals surface area contributed by atoms with E-state index in [0.29, 0.717) is 0 Å². The highest BCUT2D eigenvalue weighted by atomic mass is 16.5. The van der Waals surface area contributed by atoms with Crippen molar-refractivity contribution in [1.29, 1.82) is 0 Å². The second-order valence-electron chi connectivity index (χ2n) is 5.56. The molecule has 0 unspecified atom stereocenters. The number of carbonyl (C=O) groups excluding carboxylic acids is 1. The van der Waals surface area contributed by atoms with Crippen LogP contribution >= 0.6 is 0 Å². The fourth-order valence-corrected chi connectivity index (χ4v) is 2.58. The van der Waals surface area contributed by atoms with Crippen molar-refractivity contribution < 1.29 is 9.53 Å². The van der Waals surface area contributed by atoms with Gasteiger partial charge in [-0.1, -0.05) is 6.07 Å². The van der Waals surface area contributed by atoms with Crippen LogP contribution in [0.4, 0.5) is 4.79 Å². The molecular formula is C18H19N3O2. The molecule has 0 aliphatic heterocycles. The first-order valence-electron chi connectivity index (χ1n) is 7.59. The predicted octanol–water partition coefficient (Wildman–Crippen LogP) is 3.31. The van der Waals surface area contributed by atoms with Gasteiger partial charge in [-0.3, -0.25) is 0 Å². The monoisotopic (exact) mass is 309 g/mol. The minimum atomic E-state index is -0.599. The van der Waals surface area contributed by atoms with Crippen LogP contribution in [0.3, 0.4) is 0 Å². The van der Waals surface area contributed by atoms with Crippen LogP contribution in [0, 0.1) is 0 Å². The Morgan fingerprint density at radius 3 is 2.57 bits per heavy atom. The summed E-state index contributed by atoms with van der Waals surface area (Å²) in [4.78, 5) is 10.9. The number of hydrogen-bond acceptors (Lipinski definition) is 3. The third-order valence-corrected chi connectivity index (χ3v) is 3.88. The molecule has 1 aliphatic rings. The number of amides is 2. The molecule has 0 aromatic heterocycles. The Hall–Kier alpha value is -2.82. The predicted molar refractivity (Wildman–Crippen MR) is 89.9 cm³/mol. The molecule has 5 nitrogen and oxygen atoms in total. The Labute approximate surface area is 135 Å². The highest BCUT2D eigenvalue weighted by Gasteiger charge is 2.11. The van der Waals surface area contributed by atoms with Crippen LogP contribution < -0.4 is 10.5 Å². The first-order valence-corrected chi connectivity index (χ1v) is 7.59. The van der Waals surface area contributed by atoms with Crippen molar-refractivity contribution in [2.75, 3.05) is 7.05 Å². The molecule has 5 heteroatoms. The molecule has 0 heterocycles. The summed E-state index contributed by atoms with van der Waals surface area (Å²) in [6.07, 6.45) is 5.11. The minimum Gasteiger partial charge on any atom is -0.457 e. The van der Waals surface area contributed by atoms with Gasteiger partial charge in [-0.25, -0.2) is 9.80 Å². The molecule has 0 saturated heterocycles. The van der Waals surface area contributed by atoms with Crippen molar-refractivity contribution in [1.82, 2.24) is 5.01 Å². The molecule has 118 valence electrons. The Morgan fingerprint density at radius 2 is 1.83 bits per heavy atom. The average molecular weight is 309 g/mol. The molecule has 0 saturated carbocycles. The van der Waals surface area contributed by atoms with Crippen LogP contribution in [0.2, 0.25) is 0 Å². The summed E-state index contributed by atoms with van der Waals surface area (Å²) >= 11 is 0. The molecule has 2 aromatic rings. The molecule has 0 bridgehead atoms. The number of benzene rings is 2. The smallest absolute Gasteiger partial charge is 0.334 e. The first-order chi connectivity index (χ1) is 11.1. The number of nitrogens with zero attached hydrogens (tertiary/aromatic N) is 2. The van der Waals surface area contributed by atoms with E-state index in [1.807, 2.05) is 30.3 Å². The fourth-order valence-electron chi connectivity index (χ4n) is 2.58. The largest absolute Gasteiger partial charge is 0.457 e. The summed E-state index contributed by atoms with van der Waals surface area (Å²) in [5.74, 6) is 1.63. The number of primary amides is 1. The lowest BCUT2D eigenvalue weighted by atomic mass is 10.1. The maximum absolute atomic E-state index is 10.9. The van der Waals surface area contributed by atoms with E-state index in [-0.39, 0.29) is 0 Å². The van der Waals surface area contributed by atoms with Gasteiger partial charge in [-0.2, -0.15) is 5.10 Å². The van der Waals surface area contributed by atoms with Gasteiger partial charge in [0.25, 0.3) is 0 Å². The van der Waals surface area contributed by atoms with E-state index in [1.54, 1.807) is 6.21 Å². The van der Waals surface area contributed by atoms with Crippen molar-refractivity contribution in [3.63, 3.8) is 0 Å². The molecule has 0 fully saturated rings. The molecule has 2 aromatic carbocycles. The van der Waals surface area contributed by atoms with E-state index in [4.69, 9.17) is 10.5 Å². The summed E-state index contributed by atoms with van der Waals surface area (Å²) in [5.41, 5.74) is 8.79. The number of carbonyl (C=O) groups is 1. The van der Waals surface area contributed by atoms with Gasteiger partial charge in [0.15, 0.2) is 0 Å². The van der Waals surface area contributed by atoms with E-state index >= 15 is 0 Å². The standard InChI is InChI=1S/C18H19N3O2/c1-21(18(19)22)20-12-13-5-8-16(9-6-13)23-17-10-7-14-3-2-4-15(14)11-17/h5-12H,2-4H2,1H3,(H2,19,22). The normalized spacial score (nSPS) is 13.1. The van der Waals surface area contributed by atoms with Gasteiger partial charge in [0.2, 0.25) is 0 Å². The van der Waals surface area contributed by atoms with Crippen LogP contribution in [0.15, 0.2) is 47.6 Å². The second kappa shape index (κ2) is 6.52. The Balaban J connectivity index is 1.67. The number of hydrogen-bond donors (Lipinski definition) is 1. The Kier molecular flexibility index (Phi) is 4.28. The number of hydrazone groups is 1. The van der Waals surface area contributed by atoms with Gasteiger partial charge in [0.1, 0.15) is 11.5 Å². The van der Waals surface area contributed by atoms with Crippen molar-refractivity contribution in [2.45, 2.75) is 19.3 Å². The van der Waals surface area contributed by atoms with Gasteiger partial charge in [0, 0.05) is 7.05 Å². The second-order valence-corrected chi connectivity index (χ2v) is 5.56. The SMILES string of the molecule is CN(N=Cc1ccc(Oc2ccc3c(c2)CCC3)cc1)C(N)=O. The van der Waals surface area contributed by atoms with Crippen molar-refractivity contribution >= 4 is 12.2 Å². The zero-order valence-electron chi connectivity index (χ0n) is 13.0. The van der Waals surface area contributed by atoms with Gasteiger partial charge in [-0.05, 0) is 72.4 Å². The van der Waals surface area contributed by atoms with Gasteiger partial charge >= 0.3 is 6.03 Å². The van der Waals surface area contributed by atoms with Crippen molar-refractivity contribution in [3.05, 3.63) is 59.2 Å². The van der Waals surface area contributed by atoms with Crippen LogP contribution in [0.1, 0.15) is 23.1 Å². The van der Waals surface area contributed by atoms with Crippen molar-refractivity contribution in [2.24, 2.45) is 10.8 Å². The van der Waals surface area contributed by atoms with Gasteiger partial charge in [-0.15, -0.1) is 0 Å². The Morgan fingerprint density at radius 1 is 1.13 bits per heavy atom. The van der Waals surface area contributed by atoms with Crippen LogP contribution in [0.5, 0.6) is 11.5 Å². The fraction of sp³-hybridized carbons (Fsp3) is 0.222. The topological polar surface area (TPSA) is 67.9 Å². The van der Waals surface area contributed by atoms with Crippen LogP contribution in [-0.4, -0.2) is 24.3 Å². The summed E-state index contributed by atoms with van der Waals surface area (Å²) in [6, 6.07) is 13.2. The molecule has 1 aliphatic carbocycles. The minimum absolute atomic E-state index is 0.599. The molecule has 0 radical (unpaired) electrons. The molecular weight excluding hydrogens is 290 g/mol. The summed E-state index contributed by atoms with van der Waals surface area (Å²) < 4.78 is 5.89. The Bertz CT molecular complexity index is 738. The maximum Gasteiger partial charge on any atom is 0.334 e. The molecule has 23 heavy (non-hydrogen) atoms. The van der Waals surface area contributed by atoms with Gasteiger partial charge < -0.3 is 10.5 Å². The molecule has 3 rings (SSSR count). The third-order valence-electron chi connectivity index (χ3n) is 3.88.